The molecular weight excluding hydrogens is 352 g/mol. The van der Waals surface area contributed by atoms with Gasteiger partial charge in [-0.1, -0.05) is 11.8 Å². The Labute approximate surface area is 154 Å². The zero-order chi connectivity index (χ0) is 18.3. The van der Waals surface area contributed by atoms with Crippen LogP contribution in [0.5, 0.6) is 0 Å². The molecule has 128 valence electrons. The summed E-state index contributed by atoms with van der Waals surface area (Å²) >= 11 is 2.98. The Kier molecular flexibility index (Phi) is 4.67. The predicted molar refractivity (Wildman–Crippen MR) is 102 cm³/mol. The number of thioether (sulfide) groups is 1. The number of aromatic amines is 1. The lowest BCUT2D eigenvalue weighted by Gasteiger charge is -2.12. The molecule has 3 rings (SSSR count). The molecule has 0 bridgehead atoms. The van der Waals surface area contributed by atoms with E-state index in [-0.39, 0.29) is 10.8 Å². The lowest BCUT2D eigenvalue weighted by atomic mass is 10.1. The van der Waals surface area contributed by atoms with E-state index in [0.717, 1.165) is 26.5 Å². The molecule has 0 fully saturated rings. The number of H-pyrrole nitrogens is 1. The van der Waals surface area contributed by atoms with Crippen LogP contribution in [0.15, 0.2) is 15.9 Å². The van der Waals surface area contributed by atoms with Crippen molar-refractivity contribution in [3.63, 3.8) is 0 Å². The van der Waals surface area contributed by atoms with Crippen molar-refractivity contribution < 1.29 is 0 Å². The molecule has 25 heavy (non-hydrogen) atoms. The highest BCUT2D eigenvalue weighted by Gasteiger charge is 2.19. The summed E-state index contributed by atoms with van der Waals surface area (Å²) in [6.45, 7) is 9.72. The van der Waals surface area contributed by atoms with E-state index in [0.29, 0.717) is 21.8 Å². The number of nitrogens with zero attached hydrogens (tertiary/aromatic N) is 3. The molecule has 0 amide bonds. The van der Waals surface area contributed by atoms with Gasteiger partial charge in [0.1, 0.15) is 21.7 Å². The van der Waals surface area contributed by atoms with Gasteiger partial charge in [0, 0.05) is 10.6 Å². The zero-order valence-corrected chi connectivity index (χ0v) is 16.4. The molecule has 1 N–H and O–H groups in total. The monoisotopic (exact) mass is 370 g/mol. The smallest absolute Gasteiger partial charge is 0.259 e. The molecule has 0 aliphatic heterocycles. The minimum atomic E-state index is -0.124. The first-order valence-corrected chi connectivity index (χ1v) is 9.56. The van der Waals surface area contributed by atoms with Crippen LogP contribution in [0, 0.1) is 39.0 Å². The molecule has 0 aromatic carbocycles. The van der Waals surface area contributed by atoms with Gasteiger partial charge in [-0.05, 0) is 51.8 Å². The van der Waals surface area contributed by atoms with Gasteiger partial charge in [0.25, 0.3) is 5.56 Å². The molecule has 5 nitrogen and oxygen atoms in total. The topological polar surface area (TPSA) is 82.4 Å². The number of rotatable bonds is 3. The molecule has 0 saturated carbocycles. The number of aromatic nitrogens is 3. The van der Waals surface area contributed by atoms with Crippen molar-refractivity contribution >= 4 is 33.3 Å². The summed E-state index contributed by atoms with van der Waals surface area (Å²) in [6, 6.07) is 4.13. The number of fused-ring (bicyclic) bond motifs is 1. The summed E-state index contributed by atoms with van der Waals surface area (Å²) < 4.78 is 0. The van der Waals surface area contributed by atoms with Gasteiger partial charge < -0.3 is 4.98 Å². The van der Waals surface area contributed by atoms with Crippen molar-refractivity contribution in [2.24, 2.45) is 0 Å². The number of nitrogens with one attached hydrogen (secondary N) is 1. The maximum atomic E-state index is 12.5. The van der Waals surface area contributed by atoms with Crippen LogP contribution in [0.2, 0.25) is 0 Å². The third-order valence-corrected chi connectivity index (χ3v) is 6.35. The normalized spacial score (nSPS) is 12.3. The first kappa shape index (κ1) is 17.6. The maximum Gasteiger partial charge on any atom is 0.259 e. The van der Waals surface area contributed by atoms with E-state index in [1.807, 2.05) is 40.7 Å². The third kappa shape index (κ3) is 3.20. The molecule has 0 aliphatic rings. The maximum absolute atomic E-state index is 12.5. The van der Waals surface area contributed by atoms with E-state index in [1.54, 1.807) is 0 Å². The van der Waals surface area contributed by atoms with E-state index in [2.05, 4.69) is 21.0 Å². The summed E-state index contributed by atoms with van der Waals surface area (Å²) in [5.74, 6) is 0.605. The number of nitriles is 1. The van der Waals surface area contributed by atoms with Gasteiger partial charge in [-0.15, -0.1) is 11.3 Å². The lowest BCUT2D eigenvalue weighted by molar-refractivity contribution is 0.916. The number of thiophene rings is 1. The van der Waals surface area contributed by atoms with Gasteiger partial charge in [0.15, 0.2) is 0 Å². The third-order valence-electron chi connectivity index (χ3n) is 4.15. The first-order chi connectivity index (χ1) is 11.8. The first-order valence-electron chi connectivity index (χ1n) is 7.86. The van der Waals surface area contributed by atoms with Crippen molar-refractivity contribution in [1.29, 1.82) is 5.26 Å². The van der Waals surface area contributed by atoms with Crippen LogP contribution in [0.4, 0.5) is 0 Å². The Hall–Kier alpha value is -2.17. The van der Waals surface area contributed by atoms with Crippen LogP contribution in [0.1, 0.15) is 45.3 Å². The van der Waals surface area contributed by atoms with Crippen LogP contribution >= 0.6 is 23.1 Å². The van der Waals surface area contributed by atoms with Crippen LogP contribution in [0.3, 0.4) is 0 Å². The van der Waals surface area contributed by atoms with E-state index >= 15 is 0 Å². The average Bonchev–Trinajstić information content (AvgIpc) is 2.82. The Morgan fingerprint density at radius 3 is 2.68 bits per heavy atom. The highest BCUT2D eigenvalue weighted by molar-refractivity contribution is 7.99. The molecule has 0 saturated heterocycles. The van der Waals surface area contributed by atoms with Gasteiger partial charge in [-0.25, -0.2) is 9.97 Å². The van der Waals surface area contributed by atoms with E-state index in [9.17, 15) is 10.1 Å². The van der Waals surface area contributed by atoms with Crippen molar-refractivity contribution in [2.45, 2.75) is 44.9 Å². The van der Waals surface area contributed by atoms with Crippen LogP contribution in [-0.4, -0.2) is 15.0 Å². The second kappa shape index (κ2) is 6.62. The summed E-state index contributed by atoms with van der Waals surface area (Å²) in [4.78, 5) is 26.4. The SMILES string of the molecule is Cc1cc(C)c(C#N)c(SC(C)c2nc3sc(C)c(C)c3c(=O)[nH]2)n1. The van der Waals surface area contributed by atoms with E-state index < -0.39 is 0 Å². The highest BCUT2D eigenvalue weighted by Crippen LogP contribution is 2.36. The van der Waals surface area contributed by atoms with Crippen molar-refractivity contribution in [3.8, 4) is 6.07 Å². The van der Waals surface area contributed by atoms with Gasteiger partial charge >= 0.3 is 0 Å². The lowest BCUT2D eigenvalue weighted by Crippen LogP contribution is -2.12. The van der Waals surface area contributed by atoms with Gasteiger partial charge in [0.2, 0.25) is 0 Å². The molecule has 0 radical (unpaired) electrons. The standard InChI is InChI=1S/C18H18N4OS2/c1-8-6-9(2)20-17(13(8)7-19)25-12(5)15-21-16(23)14-10(3)11(4)24-18(14)22-15/h6,12H,1-5H3,(H,21,22,23). The molecule has 3 aromatic rings. The van der Waals surface area contributed by atoms with Crippen molar-refractivity contribution in [2.75, 3.05) is 0 Å². The Balaban J connectivity index is 2.03. The summed E-state index contributed by atoms with van der Waals surface area (Å²) in [6.07, 6.45) is 0. The summed E-state index contributed by atoms with van der Waals surface area (Å²) in [5.41, 5.74) is 3.24. The van der Waals surface area contributed by atoms with Crippen molar-refractivity contribution in [3.05, 3.63) is 49.5 Å². The predicted octanol–water partition coefficient (Wildman–Crippen LogP) is 4.34. The fourth-order valence-electron chi connectivity index (χ4n) is 2.71. The molecule has 1 unspecified atom stereocenters. The quantitative estimate of drug-likeness (QED) is 0.694. The Bertz CT molecular complexity index is 1080. The second-order valence-corrected chi connectivity index (χ2v) is 8.58. The molecule has 0 spiro atoms. The Morgan fingerprint density at radius 1 is 1.28 bits per heavy atom. The summed E-state index contributed by atoms with van der Waals surface area (Å²) in [7, 11) is 0. The van der Waals surface area contributed by atoms with Crippen LogP contribution in [-0.2, 0) is 0 Å². The number of pyridine rings is 1. The zero-order valence-electron chi connectivity index (χ0n) is 14.7. The van der Waals surface area contributed by atoms with E-state index in [4.69, 9.17) is 0 Å². The molecule has 0 aliphatic carbocycles. The molecule has 7 heteroatoms. The minimum Gasteiger partial charge on any atom is -0.309 e. The summed E-state index contributed by atoms with van der Waals surface area (Å²) in [5, 5.41) is 10.6. The largest absolute Gasteiger partial charge is 0.309 e. The van der Waals surface area contributed by atoms with Gasteiger partial charge in [-0.3, -0.25) is 4.79 Å². The van der Waals surface area contributed by atoms with Gasteiger partial charge in [0.05, 0.1) is 16.2 Å². The molecule has 3 heterocycles. The molecular formula is C18H18N4OS2. The van der Waals surface area contributed by atoms with Crippen LogP contribution < -0.4 is 5.56 Å². The van der Waals surface area contributed by atoms with Crippen LogP contribution in [0.25, 0.3) is 10.2 Å². The minimum absolute atomic E-state index is 0.108. The Morgan fingerprint density at radius 2 is 2.00 bits per heavy atom. The van der Waals surface area contributed by atoms with Gasteiger partial charge in [-0.2, -0.15) is 5.26 Å². The second-order valence-electron chi connectivity index (χ2n) is 6.05. The fourth-order valence-corrected chi connectivity index (χ4v) is 4.83. The highest BCUT2D eigenvalue weighted by atomic mass is 32.2. The molecule has 3 aromatic heterocycles. The number of hydrogen-bond acceptors (Lipinski definition) is 6. The van der Waals surface area contributed by atoms with E-state index in [1.165, 1.54) is 23.1 Å². The number of hydrogen-bond donors (Lipinski definition) is 1. The average molecular weight is 371 g/mol. The van der Waals surface area contributed by atoms with Crippen molar-refractivity contribution in [1.82, 2.24) is 15.0 Å². The fraction of sp³-hybridized carbons (Fsp3) is 0.333. The molecule has 1 atom stereocenters. The number of aryl methyl sites for hydroxylation is 4.